The summed E-state index contributed by atoms with van der Waals surface area (Å²) in [7, 11) is 0. The van der Waals surface area contributed by atoms with Gasteiger partial charge < -0.3 is 11.1 Å². The summed E-state index contributed by atoms with van der Waals surface area (Å²) >= 11 is 20.8. The number of carbonyl (C=O) groups is 1. The van der Waals surface area contributed by atoms with Crippen LogP contribution < -0.4 is 11.1 Å². The van der Waals surface area contributed by atoms with E-state index in [1.165, 1.54) is 18.2 Å². The fraction of sp³-hybridized carbons (Fsp3) is 0. The van der Waals surface area contributed by atoms with Gasteiger partial charge in [0.1, 0.15) is 5.82 Å². The lowest BCUT2D eigenvalue weighted by molar-refractivity contribution is 0.102. The maximum Gasteiger partial charge on any atom is 0.256 e. The second-order valence-corrected chi connectivity index (χ2v) is 6.13. The van der Waals surface area contributed by atoms with E-state index in [4.69, 9.17) is 40.5 Å². The predicted molar refractivity (Wildman–Crippen MR) is 87.9 cm³/mol. The zero-order chi connectivity index (χ0) is 15.7. The van der Waals surface area contributed by atoms with Crippen LogP contribution in [0.4, 0.5) is 15.8 Å². The van der Waals surface area contributed by atoms with Crippen LogP contribution in [0.5, 0.6) is 0 Å². The van der Waals surface area contributed by atoms with E-state index in [9.17, 15) is 9.18 Å². The largest absolute Gasteiger partial charge is 0.396 e. The highest BCUT2D eigenvalue weighted by Gasteiger charge is 2.15. The molecule has 0 aliphatic carbocycles. The SMILES string of the molecule is Nc1cc(C(=O)Nc2cc(Cl)c(Cl)cc2Cl)c(Br)cc1F. The number of hydrogen-bond acceptors (Lipinski definition) is 2. The molecule has 0 radical (unpaired) electrons. The first-order valence-electron chi connectivity index (χ1n) is 5.50. The number of nitrogen functional groups attached to an aromatic ring is 1. The minimum absolute atomic E-state index is 0.136. The topological polar surface area (TPSA) is 55.1 Å². The molecule has 0 spiro atoms. The molecule has 110 valence electrons. The Balaban J connectivity index is 2.35. The summed E-state index contributed by atoms with van der Waals surface area (Å²) in [5.74, 6) is -1.14. The molecule has 0 aliphatic heterocycles. The van der Waals surface area contributed by atoms with Crippen LogP contribution in [-0.4, -0.2) is 5.91 Å². The first kappa shape index (κ1) is 16.4. The van der Waals surface area contributed by atoms with Crippen LogP contribution in [0.25, 0.3) is 0 Å². The first-order chi connectivity index (χ1) is 9.79. The van der Waals surface area contributed by atoms with E-state index in [1.807, 2.05) is 0 Å². The molecule has 0 saturated carbocycles. The van der Waals surface area contributed by atoms with Gasteiger partial charge in [-0.05, 0) is 40.2 Å². The molecular formula is C13H7BrCl3FN2O. The minimum Gasteiger partial charge on any atom is -0.396 e. The molecule has 2 aromatic rings. The van der Waals surface area contributed by atoms with Gasteiger partial charge in [-0.15, -0.1) is 0 Å². The average Bonchev–Trinajstić information content (AvgIpc) is 2.40. The minimum atomic E-state index is -0.619. The van der Waals surface area contributed by atoms with E-state index in [0.29, 0.717) is 0 Å². The number of amides is 1. The van der Waals surface area contributed by atoms with Crippen molar-refractivity contribution in [1.82, 2.24) is 0 Å². The molecule has 0 atom stereocenters. The summed E-state index contributed by atoms with van der Waals surface area (Å²) in [6, 6.07) is 5.17. The highest BCUT2D eigenvalue weighted by atomic mass is 79.9. The number of anilines is 2. The molecule has 1 amide bonds. The van der Waals surface area contributed by atoms with Gasteiger partial charge in [0.05, 0.1) is 32.0 Å². The molecule has 2 aromatic carbocycles. The summed E-state index contributed by atoms with van der Waals surface area (Å²) in [5.41, 5.74) is 5.76. The number of nitrogens with two attached hydrogens (primary N) is 1. The van der Waals surface area contributed by atoms with E-state index >= 15 is 0 Å². The van der Waals surface area contributed by atoms with Crippen molar-refractivity contribution in [3.63, 3.8) is 0 Å². The number of hydrogen-bond donors (Lipinski definition) is 2. The van der Waals surface area contributed by atoms with E-state index in [2.05, 4.69) is 21.2 Å². The molecule has 0 aliphatic rings. The molecule has 0 aromatic heterocycles. The van der Waals surface area contributed by atoms with Gasteiger partial charge in [0.2, 0.25) is 0 Å². The summed E-state index contributed by atoms with van der Waals surface area (Å²) < 4.78 is 13.5. The zero-order valence-corrected chi connectivity index (χ0v) is 14.0. The number of rotatable bonds is 2. The van der Waals surface area contributed by atoms with Gasteiger partial charge in [-0.25, -0.2) is 4.39 Å². The molecule has 21 heavy (non-hydrogen) atoms. The number of nitrogens with one attached hydrogen (secondary N) is 1. The van der Waals surface area contributed by atoms with Crippen molar-refractivity contribution >= 4 is 68.0 Å². The monoisotopic (exact) mass is 410 g/mol. The molecule has 0 bridgehead atoms. The van der Waals surface area contributed by atoms with Crippen molar-refractivity contribution in [1.29, 1.82) is 0 Å². The fourth-order valence-electron chi connectivity index (χ4n) is 1.55. The molecule has 2 rings (SSSR count). The Morgan fingerprint density at radius 1 is 1.10 bits per heavy atom. The third-order valence-electron chi connectivity index (χ3n) is 2.59. The standard InChI is InChI=1S/C13H7BrCl3FN2O/c14-6-2-10(18)11(19)1-5(6)13(21)20-12-4-8(16)7(15)3-9(12)17/h1-4H,19H2,(H,20,21). The Kier molecular flexibility index (Phi) is 4.99. The summed E-state index contributed by atoms with van der Waals surface area (Å²) in [5, 5.41) is 3.30. The van der Waals surface area contributed by atoms with E-state index < -0.39 is 11.7 Å². The molecule has 3 N–H and O–H groups in total. The molecule has 0 heterocycles. The quantitative estimate of drug-likeness (QED) is 0.514. The summed E-state index contributed by atoms with van der Waals surface area (Å²) in [6.45, 7) is 0. The number of benzene rings is 2. The van der Waals surface area contributed by atoms with Crippen LogP contribution in [-0.2, 0) is 0 Å². The third kappa shape index (κ3) is 3.61. The lowest BCUT2D eigenvalue weighted by Gasteiger charge is -2.10. The smallest absolute Gasteiger partial charge is 0.256 e. The van der Waals surface area contributed by atoms with Crippen molar-refractivity contribution < 1.29 is 9.18 Å². The molecule has 3 nitrogen and oxygen atoms in total. The average molecular weight is 412 g/mol. The Labute approximate surface area is 143 Å². The zero-order valence-electron chi connectivity index (χ0n) is 10.2. The molecule has 0 fully saturated rings. The van der Waals surface area contributed by atoms with Crippen molar-refractivity contribution in [3.8, 4) is 0 Å². The van der Waals surface area contributed by atoms with Crippen molar-refractivity contribution in [3.05, 3.63) is 55.2 Å². The van der Waals surface area contributed by atoms with E-state index in [0.717, 1.165) is 6.07 Å². The van der Waals surface area contributed by atoms with E-state index in [1.54, 1.807) is 0 Å². The van der Waals surface area contributed by atoms with Crippen molar-refractivity contribution in [2.24, 2.45) is 0 Å². The number of carbonyl (C=O) groups excluding carboxylic acids is 1. The highest BCUT2D eigenvalue weighted by Crippen LogP contribution is 2.33. The second kappa shape index (κ2) is 6.40. The fourth-order valence-corrected chi connectivity index (χ4v) is 2.64. The van der Waals surface area contributed by atoms with E-state index in [-0.39, 0.29) is 36.5 Å². The maximum atomic E-state index is 13.3. The number of halogens is 5. The summed E-state index contributed by atoms with van der Waals surface area (Å²) in [4.78, 5) is 12.2. The Morgan fingerprint density at radius 3 is 2.38 bits per heavy atom. The van der Waals surface area contributed by atoms with Crippen LogP contribution in [0.2, 0.25) is 15.1 Å². The first-order valence-corrected chi connectivity index (χ1v) is 7.42. The van der Waals surface area contributed by atoms with Gasteiger partial charge >= 0.3 is 0 Å². The Bertz CT molecular complexity index is 740. The molecule has 0 saturated heterocycles. The van der Waals surface area contributed by atoms with Crippen molar-refractivity contribution in [2.45, 2.75) is 0 Å². The van der Waals surface area contributed by atoms with Gasteiger partial charge in [-0.1, -0.05) is 34.8 Å². The molecule has 0 unspecified atom stereocenters. The van der Waals surface area contributed by atoms with Crippen LogP contribution in [0.15, 0.2) is 28.7 Å². The van der Waals surface area contributed by atoms with Gasteiger partial charge in [-0.2, -0.15) is 0 Å². The lowest BCUT2D eigenvalue weighted by atomic mass is 10.1. The predicted octanol–water partition coefficient (Wildman–Crippen LogP) is 5.38. The molecule has 8 heteroatoms. The third-order valence-corrected chi connectivity index (χ3v) is 4.28. The highest BCUT2D eigenvalue weighted by molar-refractivity contribution is 9.10. The molecular weight excluding hydrogens is 405 g/mol. The Morgan fingerprint density at radius 2 is 1.71 bits per heavy atom. The van der Waals surface area contributed by atoms with Crippen LogP contribution in [0, 0.1) is 5.82 Å². The second-order valence-electron chi connectivity index (χ2n) is 4.05. The van der Waals surface area contributed by atoms with Crippen LogP contribution in [0.1, 0.15) is 10.4 Å². The summed E-state index contributed by atoms with van der Waals surface area (Å²) in [6.07, 6.45) is 0. The Hall–Kier alpha value is -1.01. The van der Waals surface area contributed by atoms with Crippen LogP contribution >= 0.6 is 50.7 Å². The van der Waals surface area contributed by atoms with Gasteiger partial charge in [0.15, 0.2) is 0 Å². The van der Waals surface area contributed by atoms with Gasteiger partial charge in [-0.3, -0.25) is 4.79 Å². The van der Waals surface area contributed by atoms with Gasteiger partial charge in [0.25, 0.3) is 5.91 Å². The van der Waals surface area contributed by atoms with Crippen molar-refractivity contribution in [2.75, 3.05) is 11.1 Å². The maximum absolute atomic E-state index is 13.3. The lowest BCUT2D eigenvalue weighted by Crippen LogP contribution is -2.14. The van der Waals surface area contributed by atoms with Gasteiger partial charge in [0, 0.05) is 4.47 Å². The van der Waals surface area contributed by atoms with Crippen LogP contribution in [0.3, 0.4) is 0 Å². The normalized spacial score (nSPS) is 10.5.